The first kappa shape index (κ1) is 18.2. The van der Waals surface area contributed by atoms with Crippen molar-refractivity contribution in [1.82, 2.24) is 5.32 Å². The van der Waals surface area contributed by atoms with Gasteiger partial charge in [0.2, 0.25) is 0 Å². The van der Waals surface area contributed by atoms with Crippen LogP contribution >= 0.6 is 19.4 Å². The molecule has 0 saturated carbocycles. The summed E-state index contributed by atoms with van der Waals surface area (Å²) in [7, 11) is -3.72. The highest BCUT2D eigenvalue weighted by molar-refractivity contribution is 7.99. The smallest absolute Gasteiger partial charge is 0.334 e. The van der Waals surface area contributed by atoms with Crippen LogP contribution in [0.4, 0.5) is 4.79 Å². The summed E-state index contributed by atoms with van der Waals surface area (Å²) in [5, 5.41) is 2.48. The van der Waals surface area contributed by atoms with Gasteiger partial charge in [-0.25, -0.2) is 4.57 Å². The summed E-state index contributed by atoms with van der Waals surface area (Å²) in [6.45, 7) is 5.51. The van der Waals surface area contributed by atoms with Gasteiger partial charge in [0.15, 0.2) is 0 Å². The fraction of sp³-hybridized carbons (Fsp3) is 0.500. The molecule has 0 bridgehead atoms. The van der Waals surface area contributed by atoms with Gasteiger partial charge in [0, 0.05) is 5.75 Å². The molecule has 1 unspecified atom stereocenters. The molecule has 0 aromatic heterocycles. The van der Waals surface area contributed by atoms with Crippen LogP contribution in [0, 0.1) is 0 Å². The zero-order valence-electron chi connectivity index (χ0n) is 12.6. The molecule has 1 rings (SSSR count). The Balaban J connectivity index is 2.50. The first-order valence-electron chi connectivity index (χ1n) is 6.87. The van der Waals surface area contributed by atoms with E-state index in [4.69, 9.17) is 9.05 Å². The number of amides is 1. The van der Waals surface area contributed by atoms with Crippen molar-refractivity contribution >= 4 is 25.0 Å². The Morgan fingerprint density at radius 2 is 1.81 bits per heavy atom. The summed E-state index contributed by atoms with van der Waals surface area (Å²) in [6.07, 6.45) is 0. The van der Waals surface area contributed by atoms with Gasteiger partial charge in [-0.05, 0) is 26.3 Å². The molecular weight excluding hydrogens is 309 g/mol. The van der Waals surface area contributed by atoms with E-state index in [2.05, 4.69) is 5.32 Å². The second-order valence-corrected chi connectivity index (χ2v) is 7.47. The predicted octanol–water partition coefficient (Wildman–Crippen LogP) is 4.24. The van der Waals surface area contributed by atoms with E-state index in [1.807, 2.05) is 37.3 Å². The maximum absolute atomic E-state index is 12.3. The Bertz CT molecular complexity index is 473. The Kier molecular flexibility index (Phi) is 8.04. The molecule has 0 heterocycles. The van der Waals surface area contributed by atoms with Gasteiger partial charge in [0.25, 0.3) is 0 Å². The highest BCUT2D eigenvalue weighted by atomic mass is 32.2. The Morgan fingerprint density at radius 1 is 1.24 bits per heavy atom. The number of thioether (sulfide) groups is 1. The minimum absolute atomic E-state index is 0.163. The Morgan fingerprint density at radius 3 is 2.33 bits per heavy atom. The molecule has 1 aromatic carbocycles. The summed E-state index contributed by atoms with van der Waals surface area (Å²) < 4.78 is 22.3. The van der Waals surface area contributed by atoms with Crippen LogP contribution in [0.1, 0.15) is 26.3 Å². The third-order valence-corrected chi connectivity index (χ3v) is 5.46. The molecule has 0 spiro atoms. The van der Waals surface area contributed by atoms with E-state index in [9.17, 15) is 9.36 Å². The average molecular weight is 331 g/mol. The van der Waals surface area contributed by atoms with Gasteiger partial charge in [0.05, 0.1) is 18.6 Å². The molecule has 21 heavy (non-hydrogen) atoms. The van der Waals surface area contributed by atoms with Crippen LogP contribution in [0.2, 0.25) is 0 Å². The van der Waals surface area contributed by atoms with Crippen molar-refractivity contribution in [2.45, 2.75) is 31.9 Å². The molecule has 0 radical (unpaired) electrons. The molecule has 118 valence electrons. The number of carbonyl (C=O) groups excluding carboxylic acids is 1. The van der Waals surface area contributed by atoms with Crippen LogP contribution < -0.4 is 5.32 Å². The van der Waals surface area contributed by atoms with Crippen molar-refractivity contribution in [1.29, 1.82) is 0 Å². The minimum Gasteiger partial charge on any atom is -0.334 e. The normalized spacial score (nSPS) is 12.9. The fourth-order valence-corrected chi connectivity index (χ4v) is 3.84. The van der Waals surface area contributed by atoms with Gasteiger partial charge in [-0.2, -0.15) is 0 Å². The molecule has 1 atom stereocenters. The summed E-state index contributed by atoms with van der Waals surface area (Å²) in [5.41, 5.74) is 0.487. The number of benzene rings is 1. The molecule has 1 N–H and O–H groups in total. The largest absolute Gasteiger partial charge is 0.418 e. The highest BCUT2D eigenvalue weighted by Gasteiger charge is 2.34. The lowest BCUT2D eigenvalue weighted by Gasteiger charge is -2.19. The standard InChI is InChI=1S/C14H22NO4PS/c1-4-18-20(17,19-5-2)14(16)15-12(3)21-11-13-9-7-6-8-10-13/h6-10,12H,4-5,11H2,1-3H3,(H,15,16). The van der Waals surface area contributed by atoms with E-state index in [0.717, 1.165) is 5.75 Å². The number of hydrogen-bond acceptors (Lipinski definition) is 5. The first-order valence-corrected chi connectivity index (χ1v) is 9.46. The molecule has 0 aliphatic rings. The van der Waals surface area contributed by atoms with E-state index in [-0.39, 0.29) is 18.6 Å². The molecule has 7 heteroatoms. The second-order valence-electron chi connectivity index (χ2n) is 4.22. The van der Waals surface area contributed by atoms with Crippen LogP contribution in [-0.2, 0) is 19.4 Å². The van der Waals surface area contributed by atoms with E-state index >= 15 is 0 Å². The van der Waals surface area contributed by atoms with E-state index in [1.165, 1.54) is 5.56 Å². The lowest BCUT2D eigenvalue weighted by molar-refractivity contribution is 0.207. The SMILES string of the molecule is CCOP(=O)(OCC)C(=O)NC(C)SCc1ccccc1. The lowest BCUT2D eigenvalue weighted by atomic mass is 10.2. The topological polar surface area (TPSA) is 64.6 Å². The van der Waals surface area contributed by atoms with E-state index in [0.29, 0.717) is 0 Å². The third-order valence-electron chi connectivity index (χ3n) is 2.52. The first-order chi connectivity index (χ1) is 10.0. The van der Waals surface area contributed by atoms with Gasteiger partial charge in [-0.3, -0.25) is 4.79 Å². The molecule has 0 aliphatic heterocycles. The van der Waals surface area contributed by atoms with Crippen LogP contribution in [0.3, 0.4) is 0 Å². The van der Waals surface area contributed by atoms with E-state index in [1.54, 1.807) is 25.6 Å². The van der Waals surface area contributed by atoms with Gasteiger partial charge in [-0.1, -0.05) is 30.3 Å². The molecular formula is C14H22NO4PS. The van der Waals surface area contributed by atoms with Crippen molar-refractivity contribution in [2.24, 2.45) is 0 Å². The van der Waals surface area contributed by atoms with Crippen molar-refractivity contribution in [3.05, 3.63) is 35.9 Å². The number of nitrogens with one attached hydrogen (secondary N) is 1. The van der Waals surface area contributed by atoms with Crippen molar-refractivity contribution < 1.29 is 18.4 Å². The van der Waals surface area contributed by atoms with E-state index < -0.39 is 13.2 Å². The lowest BCUT2D eigenvalue weighted by Crippen LogP contribution is -2.30. The van der Waals surface area contributed by atoms with Crippen LogP contribution in [-0.4, -0.2) is 24.2 Å². The quantitative estimate of drug-likeness (QED) is 0.541. The summed E-state index contributed by atoms with van der Waals surface area (Å²) >= 11 is 1.55. The molecule has 0 fully saturated rings. The van der Waals surface area contributed by atoms with Gasteiger partial charge >= 0.3 is 13.2 Å². The maximum atomic E-state index is 12.3. The zero-order chi connectivity index (χ0) is 15.7. The van der Waals surface area contributed by atoms with Crippen LogP contribution in [0.5, 0.6) is 0 Å². The summed E-state index contributed by atoms with van der Waals surface area (Å²) in [6, 6.07) is 9.94. The van der Waals surface area contributed by atoms with Crippen molar-refractivity contribution in [3.63, 3.8) is 0 Å². The number of carbonyl (C=O) groups is 1. The molecule has 1 amide bonds. The van der Waals surface area contributed by atoms with Crippen molar-refractivity contribution in [2.75, 3.05) is 13.2 Å². The zero-order valence-corrected chi connectivity index (χ0v) is 14.3. The predicted molar refractivity (Wildman–Crippen MR) is 86.6 cm³/mol. The van der Waals surface area contributed by atoms with Crippen LogP contribution in [0.15, 0.2) is 30.3 Å². The average Bonchev–Trinajstić information content (AvgIpc) is 2.46. The Hall–Kier alpha value is -0.810. The van der Waals surface area contributed by atoms with Gasteiger partial charge < -0.3 is 14.4 Å². The number of hydrogen-bond donors (Lipinski definition) is 1. The Labute approximate surface area is 130 Å². The summed E-state index contributed by atoms with van der Waals surface area (Å²) in [5.74, 6) is 0.760. The number of rotatable bonds is 9. The third kappa shape index (κ3) is 6.22. The molecule has 0 saturated heterocycles. The fourth-order valence-electron chi connectivity index (χ4n) is 1.58. The minimum atomic E-state index is -3.72. The van der Waals surface area contributed by atoms with Gasteiger partial charge in [0.1, 0.15) is 0 Å². The molecule has 5 nitrogen and oxygen atoms in total. The molecule has 1 aromatic rings. The van der Waals surface area contributed by atoms with Gasteiger partial charge in [-0.15, -0.1) is 11.8 Å². The summed E-state index contributed by atoms with van der Waals surface area (Å²) in [4.78, 5) is 12.0. The second kappa shape index (κ2) is 9.26. The van der Waals surface area contributed by atoms with Crippen LogP contribution in [0.25, 0.3) is 0 Å². The monoisotopic (exact) mass is 331 g/mol. The maximum Gasteiger partial charge on any atom is 0.418 e. The highest BCUT2D eigenvalue weighted by Crippen LogP contribution is 2.48. The molecule has 0 aliphatic carbocycles. The van der Waals surface area contributed by atoms with Crippen molar-refractivity contribution in [3.8, 4) is 0 Å².